The minimum absolute atomic E-state index is 0.215. The molecule has 0 fully saturated rings. The number of phenols is 1. The van der Waals surface area contributed by atoms with Crippen LogP contribution < -0.4 is 4.74 Å². The summed E-state index contributed by atoms with van der Waals surface area (Å²) in [6.45, 7) is 4.36. The molecule has 118 valence electrons. The fraction of sp³-hybridized carbons (Fsp3) is 0.400. The lowest BCUT2D eigenvalue weighted by atomic mass is 9.84. The summed E-state index contributed by atoms with van der Waals surface area (Å²) in [7, 11) is 1.56. The zero-order chi connectivity index (χ0) is 15.9. The Balaban J connectivity index is 0.000000160. The highest BCUT2D eigenvalue weighted by molar-refractivity contribution is 5.45. The molecule has 0 bridgehead atoms. The highest BCUT2D eigenvalue weighted by atomic mass is 16.5. The summed E-state index contributed by atoms with van der Waals surface area (Å²) in [4.78, 5) is 0. The number of benzene rings is 2. The average molecular weight is 298 g/mol. The van der Waals surface area contributed by atoms with Crippen LogP contribution in [0, 0.1) is 0 Å². The van der Waals surface area contributed by atoms with Crippen LogP contribution in [-0.2, 0) is 12.8 Å². The van der Waals surface area contributed by atoms with Gasteiger partial charge in [0.2, 0.25) is 0 Å². The molecular formula is C20H26O2. The zero-order valence-corrected chi connectivity index (χ0v) is 13.8. The Labute approximate surface area is 133 Å². The number of phenolic OH excluding ortho intramolecular Hbond substituents is 1. The van der Waals surface area contributed by atoms with Gasteiger partial charge >= 0.3 is 0 Å². The monoisotopic (exact) mass is 298 g/mol. The first-order valence-corrected chi connectivity index (χ1v) is 8.10. The third-order valence-electron chi connectivity index (χ3n) is 4.33. The highest BCUT2D eigenvalue weighted by Crippen LogP contribution is 2.30. The SMILES string of the molecule is CC1CCCc2ccccc21.CCc1cccc(O)c1OC. The predicted octanol–water partition coefficient (Wildman–Crippen LogP) is 5.09. The van der Waals surface area contributed by atoms with E-state index in [1.807, 2.05) is 19.1 Å². The minimum Gasteiger partial charge on any atom is -0.504 e. The first-order valence-electron chi connectivity index (χ1n) is 8.10. The number of ether oxygens (including phenoxy) is 1. The Kier molecular flexibility index (Phi) is 5.88. The molecule has 0 aliphatic heterocycles. The van der Waals surface area contributed by atoms with Gasteiger partial charge in [0.15, 0.2) is 11.5 Å². The lowest BCUT2D eigenvalue weighted by Crippen LogP contribution is -2.05. The van der Waals surface area contributed by atoms with Crippen molar-refractivity contribution in [1.29, 1.82) is 0 Å². The van der Waals surface area contributed by atoms with Crippen molar-refractivity contribution in [2.75, 3.05) is 7.11 Å². The Morgan fingerprint density at radius 1 is 1.14 bits per heavy atom. The van der Waals surface area contributed by atoms with E-state index < -0.39 is 0 Å². The van der Waals surface area contributed by atoms with Crippen LogP contribution in [0.4, 0.5) is 0 Å². The molecule has 0 saturated heterocycles. The fourth-order valence-electron chi connectivity index (χ4n) is 3.08. The molecule has 1 unspecified atom stereocenters. The van der Waals surface area contributed by atoms with Gasteiger partial charge in [-0.3, -0.25) is 0 Å². The summed E-state index contributed by atoms with van der Waals surface area (Å²) in [5, 5.41) is 9.30. The number of aryl methyl sites for hydroxylation is 2. The van der Waals surface area contributed by atoms with Crippen LogP contribution in [0.1, 0.15) is 49.3 Å². The van der Waals surface area contributed by atoms with Gasteiger partial charge in [-0.15, -0.1) is 0 Å². The standard InChI is InChI=1S/C11H14.C9H12O2/c1-9-5-4-7-10-6-2-3-8-11(9)10;1-3-7-5-4-6-8(10)9(7)11-2/h2-3,6,8-9H,4-5,7H2,1H3;4-6,10H,3H2,1-2H3. The fourth-order valence-corrected chi connectivity index (χ4v) is 3.08. The van der Waals surface area contributed by atoms with Crippen LogP contribution in [0.25, 0.3) is 0 Å². The highest BCUT2D eigenvalue weighted by Gasteiger charge is 2.14. The second-order valence-electron chi connectivity index (χ2n) is 5.82. The summed E-state index contributed by atoms with van der Waals surface area (Å²) >= 11 is 0. The van der Waals surface area contributed by atoms with E-state index in [-0.39, 0.29) is 5.75 Å². The number of hydrogen-bond donors (Lipinski definition) is 1. The molecule has 0 saturated carbocycles. The Morgan fingerprint density at radius 3 is 2.55 bits per heavy atom. The summed E-state index contributed by atoms with van der Waals surface area (Å²) in [6, 6.07) is 14.2. The van der Waals surface area contributed by atoms with Crippen LogP contribution in [0.3, 0.4) is 0 Å². The summed E-state index contributed by atoms with van der Waals surface area (Å²) in [5.41, 5.74) is 4.19. The maximum atomic E-state index is 9.30. The van der Waals surface area contributed by atoms with Crippen molar-refractivity contribution < 1.29 is 9.84 Å². The number of para-hydroxylation sites is 1. The lowest BCUT2D eigenvalue weighted by molar-refractivity contribution is 0.369. The summed E-state index contributed by atoms with van der Waals surface area (Å²) < 4.78 is 5.02. The molecule has 0 amide bonds. The zero-order valence-electron chi connectivity index (χ0n) is 13.8. The van der Waals surface area contributed by atoms with Gasteiger partial charge in [0.1, 0.15) is 0 Å². The van der Waals surface area contributed by atoms with Crippen molar-refractivity contribution in [2.45, 2.75) is 45.4 Å². The molecule has 0 spiro atoms. The maximum absolute atomic E-state index is 9.30. The third kappa shape index (κ3) is 3.82. The quantitative estimate of drug-likeness (QED) is 0.836. The van der Waals surface area contributed by atoms with Gasteiger partial charge in [0.05, 0.1) is 7.11 Å². The van der Waals surface area contributed by atoms with E-state index in [0.29, 0.717) is 5.75 Å². The van der Waals surface area contributed by atoms with Crippen LogP contribution >= 0.6 is 0 Å². The first kappa shape index (κ1) is 16.4. The number of aromatic hydroxyl groups is 1. The van der Waals surface area contributed by atoms with E-state index >= 15 is 0 Å². The largest absolute Gasteiger partial charge is 0.504 e. The number of hydrogen-bond acceptors (Lipinski definition) is 2. The van der Waals surface area contributed by atoms with Crippen LogP contribution in [0.5, 0.6) is 11.5 Å². The lowest BCUT2D eigenvalue weighted by Gasteiger charge is -2.21. The molecule has 3 rings (SSSR count). The van der Waals surface area contributed by atoms with Gasteiger partial charge in [-0.1, -0.05) is 50.2 Å². The van der Waals surface area contributed by atoms with E-state index in [2.05, 4.69) is 31.2 Å². The van der Waals surface area contributed by atoms with Crippen molar-refractivity contribution in [3.05, 3.63) is 59.2 Å². The van der Waals surface area contributed by atoms with Gasteiger partial charge in [-0.2, -0.15) is 0 Å². The topological polar surface area (TPSA) is 29.5 Å². The van der Waals surface area contributed by atoms with E-state index in [4.69, 9.17) is 4.74 Å². The molecule has 22 heavy (non-hydrogen) atoms. The first-order chi connectivity index (χ1) is 10.7. The van der Waals surface area contributed by atoms with E-state index in [1.54, 1.807) is 24.3 Å². The van der Waals surface area contributed by atoms with Crippen LogP contribution in [-0.4, -0.2) is 12.2 Å². The Hall–Kier alpha value is -1.96. The predicted molar refractivity (Wildman–Crippen MR) is 91.8 cm³/mol. The summed E-state index contributed by atoms with van der Waals surface area (Å²) in [6.07, 6.45) is 4.91. The molecule has 1 N–H and O–H groups in total. The molecule has 1 aliphatic rings. The van der Waals surface area contributed by atoms with Crippen molar-refractivity contribution in [3.8, 4) is 11.5 Å². The van der Waals surface area contributed by atoms with Gasteiger partial charge in [0.25, 0.3) is 0 Å². The molecule has 2 aromatic carbocycles. The number of methoxy groups -OCH3 is 1. The second-order valence-corrected chi connectivity index (χ2v) is 5.82. The molecular weight excluding hydrogens is 272 g/mol. The van der Waals surface area contributed by atoms with Crippen molar-refractivity contribution in [3.63, 3.8) is 0 Å². The number of rotatable bonds is 2. The maximum Gasteiger partial charge on any atom is 0.163 e. The van der Waals surface area contributed by atoms with Crippen molar-refractivity contribution in [1.82, 2.24) is 0 Å². The second kappa shape index (κ2) is 7.88. The van der Waals surface area contributed by atoms with Crippen LogP contribution in [0.15, 0.2) is 42.5 Å². The Bertz CT molecular complexity index is 604. The van der Waals surface area contributed by atoms with Gasteiger partial charge in [-0.05, 0) is 54.4 Å². The molecule has 1 atom stereocenters. The van der Waals surface area contributed by atoms with Gasteiger partial charge < -0.3 is 9.84 Å². The number of fused-ring (bicyclic) bond motifs is 1. The minimum atomic E-state index is 0.215. The van der Waals surface area contributed by atoms with E-state index in [0.717, 1.165) is 17.9 Å². The van der Waals surface area contributed by atoms with Crippen molar-refractivity contribution in [2.24, 2.45) is 0 Å². The summed E-state index contributed by atoms with van der Waals surface area (Å²) in [5.74, 6) is 1.60. The molecule has 0 aromatic heterocycles. The van der Waals surface area contributed by atoms with Crippen LogP contribution in [0.2, 0.25) is 0 Å². The molecule has 1 aliphatic carbocycles. The molecule has 2 aromatic rings. The normalized spacial score (nSPS) is 16.2. The molecule has 0 heterocycles. The Morgan fingerprint density at radius 2 is 1.91 bits per heavy atom. The molecule has 0 radical (unpaired) electrons. The molecule has 2 heteroatoms. The van der Waals surface area contributed by atoms with Crippen molar-refractivity contribution >= 4 is 0 Å². The third-order valence-corrected chi connectivity index (χ3v) is 4.33. The average Bonchev–Trinajstić information content (AvgIpc) is 2.55. The van der Waals surface area contributed by atoms with E-state index in [9.17, 15) is 5.11 Å². The molecule has 2 nitrogen and oxygen atoms in total. The van der Waals surface area contributed by atoms with Gasteiger partial charge in [0, 0.05) is 0 Å². The van der Waals surface area contributed by atoms with E-state index in [1.165, 1.54) is 19.3 Å². The smallest absolute Gasteiger partial charge is 0.163 e. The van der Waals surface area contributed by atoms with Gasteiger partial charge in [-0.25, -0.2) is 0 Å².